The van der Waals surface area contributed by atoms with Crippen LogP contribution in [0.4, 0.5) is 29.2 Å². The zero-order valence-corrected chi connectivity index (χ0v) is 15.8. The SMILES string of the molecule is Nc1nc2cc(-c3ccc(CC(=O)Nc4ccc(F)c(C(F)(F)F)c4)cc3)ccn2n1. The molecule has 10 heteroatoms. The summed E-state index contributed by atoms with van der Waals surface area (Å²) in [4.78, 5) is 16.3. The van der Waals surface area contributed by atoms with Crippen LogP contribution in [0.2, 0.25) is 0 Å². The summed E-state index contributed by atoms with van der Waals surface area (Å²) in [6.07, 6.45) is -3.17. The van der Waals surface area contributed by atoms with Gasteiger partial charge in [0.05, 0.1) is 12.0 Å². The Labute approximate surface area is 173 Å². The van der Waals surface area contributed by atoms with E-state index in [2.05, 4.69) is 15.4 Å². The van der Waals surface area contributed by atoms with E-state index in [1.807, 2.05) is 24.3 Å². The van der Waals surface area contributed by atoms with Crippen molar-refractivity contribution in [1.82, 2.24) is 14.6 Å². The predicted octanol–water partition coefficient (Wildman–Crippen LogP) is 4.32. The van der Waals surface area contributed by atoms with Crippen molar-refractivity contribution < 1.29 is 22.4 Å². The van der Waals surface area contributed by atoms with Crippen LogP contribution in [0, 0.1) is 5.82 Å². The molecule has 2 aromatic heterocycles. The zero-order chi connectivity index (χ0) is 22.2. The molecular weight excluding hydrogens is 414 g/mol. The van der Waals surface area contributed by atoms with Gasteiger partial charge in [-0.3, -0.25) is 4.79 Å². The number of amides is 1. The lowest BCUT2D eigenvalue weighted by Crippen LogP contribution is -2.16. The van der Waals surface area contributed by atoms with Crippen molar-refractivity contribution in [3.05, 3.63) is 77.7 Å². The third-order valence-corrected chi connectivity index (χ3v) is 4.56. The number of nitrogens with two attached hydrogens (primary N) is 1. The summed E-state index contributed by atoms with van der Waals surface area (Å²) in [6.45, 7) is 0. The number of hydrogen-bond donors (Lipinski definition) is 2. The summed E-state index contributed by atoms with van der Waals surface area (Å²) in [6, 6.07) is 13.1. The van der Waals surface area contributed by atoms with Gasteiger partial charge in [-0.2, -0.15) is 18.2 Å². The van der Waals surface area contributed by atoms with Gasteiger partial charge in [-0.05, 0) is 47.0 Å². The molecule has 6 nitrogen and oxygen atoms in total. The van der Waals surface area contributed by atoms with Gasteiger partial charge in [0.25, 0.3) is 0 Å². The van der Waals surface area contributed by atoms with Gasteiger partial charge in [0, 0.05) is 11.9 Å². The molecule has 4 aromatic rings. The maximum atomic E-state index is 13.4. The molecule has 158 valence electrons. The fourth-order valence-electron chi connectivity index (χ4n) is 3.10. The summed E-state index contributed by atoms with van der Waals surface area (Å²) in [7, 11) is 0. The summed E-state index contributed by atoms with van der Waals surface area (Å²) >= 11 is 0. The van der Waals surface area contributed by atoms with Gasteiger partial charge >= 0.3 is 6.18 Å². The molecule has 3 N–H and O–H groups in total. The molecule has 0 spiro atoms. The Morgan fingerprint density at radius 3 is 2.48 bits per heavy atom. The van der Waals surface area contributed by atoms with E-state index in [1.165, 1.54) is 0 Å². The summed E-state index contributed by atoms with van der Waals surface area (Å²) < 4.78 is 53.4. The summed E-state index contributed by atoms with van der Waals surface area (Å²) in [5, 5.41) is 6.37. The number of carbonyl (C=O) groups is 1. The van der Waals surface area contributed by atoms with E-state index in [0.29, 0.717) is 23.3 Å². The Bertz CT molecular complexity index is 1270. The minimum Gasteiger partial charge on any atom is -0.366 e. The van der Waals surface area contributed by atoms with Crippen LogP contribution in [0.3, 0.4) is 0 Å². The lowest BCUT2D eigenvalue weighted by atomic mass is 10.0. The topological polar surface area (TPSA) is 85.3 Å². The highest BCUT2D eigenvalue weighted by Crippen LogP contribution is 2.33. The van der Waals surface area contributed by atoms with Gasteiger partial charge in [-0.1, -0.05) is 24.3 Å². The van der Waals surface area contributed by atoms with E-state index in [9.17, 15) is 22.4 Å². The fraction of sp³-hybridized carbons (Fsp3) is 0.0952. The van der Waals surface area contributed by atoms with Crippen LogP contribution in [0.25, 0.3) is 16.8 Å². The molecule has 1 amide bonds. The second-order valence-corrected chi connectivity index (χ2v) is 6.80. The van der Waals surface area contributed by atoms with Crippen molar-refractivity contribution in [3.63, 3.8) is 0 Å². The highest BCUT2D eigenvalue weighted by atomic mass is 19.4. The third-order valence-electron chi connectivity index (χ3n) is 4.56. The monoisotopic (exact) mass is 429 g/mol. The molecule has 4 rings (SSSR count). The van der Waals surface area contributed by atoms with Crippen LogP contribution in [0.15, 0.2) is 60.8 Å². The molecule has 0 bridgehead atoms. The van der Waals surface area contributed by atoms with Gasteiger partial charge < -0.3 is 11.1 Å². The first-order chi connectivity index (χ1) is 14.7. The summed E-state index contributed by atoms with van der Waals surface area (Å²) in [5.41, 5.74) is 7.03. The number of aromatic nitrogens is 3. The number of alkyl halides is 3. The number of nitrogens with zero attached hydrogens (tertiary/aromatic N) is 3. The lowest BCUT2D eigenvalue weighted by Gasteiger charge is -2.11. The maximum absolute atomic E-state index is 13.4. The van der Waals surface area contributed by atoms with Crippen LogP contribution >= 0.6 is 0 Å². The molecule has 0 unspecified atom stereocenters. The number of pyridine rings is 1. The van der Waals surface area contributed by atoms with Crippen molar-refractivity contribution in [3.8, 4) is 11.1 Å². The Hall–Kier alpha value is -3.95. The largest absolute Gasteiger partial charge is 0.419 e. The first kappa shape index (κ1) is 20.3. The van der Waals surface area contributed by atoms with Crippen LogP contribution in [-0.2, 0) is 17.4 Å². The quantitative estimate of drug-likeness (QED) is 0.473. The maximum Gasteiger partial charge on any atom is 0.419 e. The molecule has 0 fully saturated rings. The molecule has 0 aliphatic carbocycles. The van der Waals surface area contributed by atoms with Gasteiger partial charge in [0.2, 0.25) is 11.9 Å². The average molecular weight is 429 g/mol. The highest BCUT2D eigenvalue weighted by molar-refractivity contribution is 5.92. The van der Waals surface area contributed by atoms with E-state index in [-0.39, 0.29) is 18.1 Å². The van der Waals surface area contributed by atoms with E-state index in [1.54, 1.807) is 22.8 Å². The smallest absolute Gasteiger partial charge is 0.366 e. The Morgan fingerprint density at radius 1 is 1.03 bits per heavy atom. The number of fused-ring (bicyclic) bond motifs is 1. The van der Waals surface area contributed by atoms with Crippen LogP contribution in [0.5, 0.6) is 0 Å². The third kappa shape index (κ3) is 4.47. The van der Waals surface area contributed by atoms with Crippen molar-refractivity contribution in [1.29, 1.82) is 0 Å². The molecule has 0 aliphatic heterocycles. The second kappa shape index (κ2) is 7.71. The average Bonchev–Trinajstić information content (AvgIpc) is 3.08. The number of rotatable bonds is 4. The molecule has 31 heavy (non-hydrogen) atoms. The Kier molecular flexibility index (Phi) is 5.05. The second-order valence-electron chi connectivity index (χ2n) is 6.80. The molecule has 0 aliphatic rings. The molecule has 2 heterocycles. The van der Waals surface area contributed by atoms with Gasteiger partial charge in [-0.25, -0.2) is 8.91 Å². The Morgan fingerprint density at radius 2 is 1.77 bits per heavy atom. The molecule has 0 saturated carbocycles. The fourth-order valence-corrected chi connectivity index (χ4v) is 3.10. The zero-order valence-electron chi connectivity index (χ0n) is 15.8. The predicted molar refractivity (Wildman–Crippen MR) is 107 cm³/mol. The number of hydrogen-bond acceptors (Lipinski definition) is 4. The first-order valence-electron chi connectivity index (χ1n) is 9.07. The van der Waals surface area contributed by atoms with Crippen molar-refractivity contribution in [2.75, 3.05) is 11.1 Å². The van der Waals surface area contributed by atoms with Crippen LogP contribution in [0.1, 0.15) is 11.1 Å². The number of anilines is 2. The van der Waals surface area contributed by atoms with E-state index in [4.69, 9.17) is 5.73 Å². The number of halogens is 4. The van der Waals surface area contributed by atoms with Crippen molar-refractivity contribution in [2.24, 2.45) is 0 Å². The molecular formula is C21H15F4N5O. The molecule has 0 atom stereocenters. The summed E-state index contributed by atoms with van der Waals surface area (Å²) in [5.74, 6) is -1.75. The van der Waals surface area contributed by atoms with E-state index >= 15 is 0 Å². The van der Waals surface area contributed by atoms with Crippen molar-refractivity contribution in [2.45, 2.75) is 12.6 Å². The van der Waals surface area contributed by atoms with Gasteiger partial charge in [-0.15, -0.1) is 5.10 Å². The van der Waals surface area contributed by atoms with E-state index < -0.39 is 23.5 Å². The lowest BCUT2D eigenvalue weighted by molar-refractivity contribution is -0.140. The number of nitrogens with one attached hydrogen (secondary N) is 1. The molecule has 0 radical (unpaired) electrons. The number of carbonyl (C=O) groups excluding carboxylic acids is 1. The van der Waals surface area contributed by atoms with Crippen LogP contribution in [-0.4, -0.2) is 20.5 Å². The van der Waals surface area contributed by atoms with Crippen molar-refractivity contribution >= 4 is 23.2 Å². The molecule has 0 saturated heterocycles. The van der Waals surface area contributed by atoms with Crippen LogP contribution < -0.4 is 11.1 Å². The Balaban J connectivity index is 1.45. The normalized spacial score (nSPS) is 11.6. The number of benzene rings is 2. The van der Waals surface area contributed by atoms with E-state index in [0.717, 1.165) is 17.2 Å². The first-order valence-corrected chi connectivity index (χ1v) is 9.07. The van der Waals surface area contributed by atoms with Gasteiger partial charge in [0.1, 0.15) is 5.82 Å². The highest BCUT2D eigenvalue weighted by Gasteiger charge is 2.34. The number of nitrogen functional groups attached to an aromatic ring is 1. The minimum atomic E-state index is -4.85. The minimum absolute atomic E-state index is 0.0568. The standard InChI is InChI=1S/C21H15F4N5O/c22-17-6-5-15(11-16(17)21(23,24)25)27-19(31)9-12-1-3-13(4-2-12)14-7-8-30-18(10-14)28-20(26)29-30/h1-8,10-11H,9H2,(H2,26,29)(H,27,31). The van der Waals surface area contributed by atoms with Gasteiger partial charge in [0.15, 0.2) is 5.65 Å². The molecule has 2 aromatic carbocycles.